The number of benzene rings is 1. The van der Waals surface area contributed by atoms with Crippen LogP contribution < -0.4 is 11.1 Å². The summed E-state index contributed by atoms with van der Waals surface area (Å²) in [5.41, 5.74) is 6.60. The molecule has 0 aliphatic heterocycles. The van der Waals surface area contributed by atoms with Crippen LogP contribution in [0.25, 0.3) is 0 Å². The molecule has 1 aromatic carbocycles. The molecule has 9 heteroatoms. The molecule has 3 rings (SSSR count). The smallest absolute Gasteiger partial charge is 0.223 e. The molecule has 2 aromatic rings. The Morgan fingerprint density at radius 3 is 2.60 bits per heavy atom. The summed E-state index contributed by atoms with van der Waals surface area (Å²) in [4.78, 5) is 8.10. The van der Waals surface area contributed by atoms with Crippen molar-refractivity contribution in [2.24, 2.45) is 16.1 Å². The number of nitrogens with two attached hydrogens (primary N) is 1. The van der Waals surface area contributed by atoms with E-state index in [-0.39, 0.29) is 29.7 Å². The zero-order valence-corrected chi connectivity index (χ0v) is 14.6. The van der Waals surface area contributed by atoms with Gasteiger partial charge in [-0.05, 0) is 30.7 Å². The highest BCUT2D eigenvalue weighted by atomic mass is 35.5. The Bertz CT molecular complexity index is 809. The van der Waals surface area contributed by atoms with Crippen molar-refractivity contribution in [3.05, 3.63) is 46.6 Å². The maximum atomic E-state index is 9.23. The highest BCUT2D eigenvalue weighted by Crippen LogP contribution is 2.34. The van der Waals surface area contributed by atoms with Crippen LogP contribution >= 0.6 is 23.2 Å². The zero-order chi connectivity index (χ0) is 17.8. The van der Waals surface area contributed by atoms with Gasteiger partial charge in [0.1, 0.15) is 0 Å². The van der Waals surface area contributed by atoms with Crippen molar-refractivity contribution < 1.29 is 5.11 Å². The molecule has 0 spiro atoms. The van der Waals surface area contributed by atoms with Crippen molar-refractivity contribution >= 4 is 46.3 Å². The number of nitrogen functional groups attached to an aromatic ring is 1. The van der Waals surface area contributed by atoms with Crippen LogP contribution in [0.15, 0.2) is 46.6 Å². The first-order valence-corrected chi connectivity index (χ1v) is 8.37. The van der Waals surface area contributed by atoms with E-state index >= 15 is 0 Å². The fourth-order valence-electron chi connectivity index (χ4n) is 2.44. The summed E-state index contributed by atoms with van der Waals surface area (Å²) in [5, 5.41) is 21.5. The number of nitrogens with one attached hydrogen (secondary N) is 1. The van der Waals surface area contributed by atoms with Crippen molar-refractivity contribution in [3.63, 3.8) is 0 Å². The summed E-state index contributed by atoms with van der Waals surface area (Å²) in [5.74, 6) is 0.549. The number of aromatic nitrogens is 2. The van der Waals surface area contributed by atoms with E-state index in [1.54, 1.807) is 24.3 Å². The maximum Gasteiger partial charge on any atom is 0.223 e. The Labute approximate surface area is 154 Å². The molecule has 0 saturated heterocycles. The van der Waals surface area contributed by atoms with Gasteiger partial charge in [0, 0.05) is 23.6 Å². The first-order valence-electron chi connectivity index (χ1n) is 7.61. The van der Waals surface area contributed by atoms with Crippen molar-refractivity contribution in [1.29, 1.82) is 0 Å². The molecule has 130 valence electrons. The van der Waals surface area contributed by atoms with Gasteiger partial charge in [-0.25, -0.2) is 0 Å². The number of rotatable bonds is 5. The number of hydrogen-bond acceptors (Lipinski definition) is 7. The van der Waals surface area contributed by atoms with E-state index in [0.29, 0.717) is 22.2 Å². The molecule has 7 nitrogen and oxygen atoms in total. The van der Waals surface area contributed by atoms with Crippen LogP contribution in [0, 0.1) is 5.92 Å². The minimum atomic E-state index is -0.00741. The highest BCUT2D eigenvalue weighted by molar-refractivity contribution is 6.32. The van der Waals surface area contributed by atoms with Crippen molar-refractivity contribution in [3.8, 4) is 0 Å². The third-order valence-electron chi connectivity index (χ3n) is 3.68. The number of anilines is 2. The van der Waals surface area contributed by atoms with E-state index in [0.717, 1.165) is 6.42 Å². The predicted molar refractivity (Wildman–Crippen MR) is 98.8 cm³/mol. The van der Waals surface area contributed by atoms with Gasteiger partial charge in [-0.15, -0.1) is 5.11 Å². The maximum absolute atomic E-state index is 9.23. The lowest BCUT2D eigenvalue weighted by molar-refractivity contribution is 0.250. The Hall–Kier alpha value is -2.22. The molecular weight excluding hydrogens is 363 g/mol. The first kappa shape index (κ1) is 17.6. The lowest BCUT2D eigenvalue weighted by Crippen LogP contribution is -2.18. The average molecular weight is 379 g/mol. The molecule has 0 saturated carbocycles. The third kappa shape index (κ3) is 4.45. The van der Waals surface area contributed by atoms with Gasteiger partial charge in [-0.1, -0.05) is 35.4 Å². The molecule has 0 radical (unpaired) electrons. The summed E-state index contributed by atoms with van der Waals surface area (Å²) in [6, 6.07) is 6.89. The SMILES string of the molecule is Nc1nc(Cl)c(/N=N/c2ccc(Cl)cc2)c(N[C@H]2C=C[C@@H](CO)C2)n1. The number of hydrogen-bond donors (Lipinski definition) is 3. The number of aliphatic hydroxyl groups excluding tert-OH is 1. The van der Waals surface area contributed by atoms with Gasteiger partial charge in [0.15, 0.2) is 16.7 Å². The summed E-state index contributed by atoms with van der Waals surface area (Å²) in [6.07, 6.45) is 4.66. The van der Waals surface area contributed by atoms with Gasteiger partial charge in [0.05, 0.1) is 5.69 Å². The molecule has 1 aliphatic carbocycles. The highest BCUT2D eigenvalue weighted by Gasteiger charge is 2.21. The fraction of sp³-hybridized carbons (Fsp3) is 0.250. The van der Waals surface area contributed by atoms with E-state index in [9.17, 15) is 5.11 Å². The van der Waals surface area contributed by atoms with E-state index in [1.807, 2.05) is 12.2 Å². The Morgan fingerprint density at radius 2 is 1.92 bits per heavy atom. The zero-order valence-electron chi connectivity index (χ0n) is 13.1. The Balaban J connectivity index is 1.85. The van der Waals surface area contributed by atoms with Crippen LogP contribution in [0.2, 0.25) is 10.2 Å². The van der Waals surface area contributed by atoms with E-state index in [1.165, 1.54) is 0 Å². The van der Waals surface area contributed by atoms with Gasteiger partial charge in [0.2, 0.25) is 5.95 Å². The molecule has 4 N–H and O–H groups in total. The third-order valence-corrected chi connectivity index (χ3v) is 4.20. The van der Waals surface area contributed by atoms with Gasteiger partial charge in [-0.2, -0.15) is 15.1 Å². The van der Waals surface area contributed by atoms with Crippen molar-refractivity contribution in [1.82, 2.24) is 9.97 Å². The lowest BCUT2D eigenvalue weighted by atomic mass is 10.1. The van der Waals surface area contributed by atoms with E-state index in [2.05, 4.69) is 25.5 Å². The van der Waals surface area contributed by atoms with Gasteiger partial charge < -0.3 is 16.2 Å². The summed E-state index contributed by atoms with van der Waals surface area (Å²) < 4.78 is 0. The van der Waals surface area contributed by atoms with E-state index < -0.39 is 0 Å². The molecule has 0 amide bonds. The minimum absolute atomic E-state index is 0.00741. The van der Waals surface area contributed by atoms with Gasteiger partial charge in [-0.3, -0.25) is 0 Å². The van der Waals surface area contributed by atoms with Gasteiger partial charge in [0.25, 0.3) is 0 Å². The molecule has 25 heavy (non-hydrogen) atoms. The minimum Gasteiger partial charge on any atom is -0.396 e. The molecule has 1 aliphatic rings. The summed E-state index contributed by atoms with van der Waals surface area (Å²) in [7, 11) is 0. The van der Waals surface area contributed by atoms with Crippen molar-refractivity contribution in [2.75, 3.05) is 17.7 Å². The molecule has 0 fully saturated rings. The fourth-order valence-corrected chi connectivity index (χ4v) is 2.78. The molecule has 0 unspecified atom stereocenters. The van der Waals surface area contributed by atoms with Crippen LogP contribution in [-0.2, 0) is 0 Å². The predicted octanol–water partition coefficient (Wildman–Crippen LogP) is 4.13. The number of nitrogens with zero attached hydrogens (tertiary/aromatic N) is 4. The molecular formula is C16H16Cl2N6O. The molecule has 2 atom stereocenters. The van der Waals surface area contributed by atoms with Crippen LogP contribution in [0.4, 0.5) is 23.1 Å². The lowest BCUT2D eigenvalue weighted by Gasteiger charge is -2.15. The van der Waals surface area contributed by atoms with Crippen LogP contribution in [0.5, 0.6) is 0 Å². The van der Waals surface area contributed by atoms with Gasteiger partial charge >= 0.3 is 0 Å². The monoisotopic (exact) mass is 378 g/mol. The Morgan fingerprint density at radius 1 is 1.16 bits per heavy atom. The van der Waals surface area contributed by atoms with Crippen LogP contribution in [0.1, 0.15) is 6.42 Å². The van der Waals surface area contributed by atoms with Crippen LogP contribution in [-0.4, -0.2) is 27.7 Å². The average Bonchev–Trinajstić information content (AvgIpc) is 3.03. The normalized spacial score (nSPS) is 19.6. The molecule has 1 heterocycles. The Kier molecular flexibility index (Phi) is 5.47. The largest absolute Gasteiger partial charge is 0.396 e. The standard InChI is InChI=1S/C16H16Cl2N6O/c17-10-2-5-11(6-3-10)23-24-13-14(18)21-16(19)22-15(13)20-12-4-1-9(7-12)8-25/h1-6,9,12,25H,7-8H2,(H3,19,20,21,22)/b24-23+/t9-,12+/m1/s1. The van der Waals surface area contributed by atoms with Crippen LogP contribution in [0.3, 0.4) is 0 Å². The second-order valence-corrected chi connectivity index (χ2v) is 6.35. The second-order valence-electron chi connectivity index (χ2n) is 5.56. The van der Waals surface area contributed by atoms with E-state index in [4.69, 9.17) is 28.9 Å². The summed E-state index contributed by atoms with van der Waals surface area (Å²) in [6.45, 7) is 0.102. The number of aliphatic hydroxyl groups is 1. The topological polar surface area (TPSA) is 109 Å². The second kappa shape index (κ2) is 7.77. The number of azo groups is 1. The quantitative estimate of drug-likeness (QED) is 0.411. The molecule has 0 bridgehead atoms. The van der Waals surface area contributed by atoms with Crippen molar-refractivity contribution in [2.45, 2.75) is 12.5 Å². The molecule has 1 aromatic heterocycles. The summed E-state index contributed by atoms with van der Waals surface area (Å²) >= 11 is 12.0. The first-order chi connectivity index (χ1) is 12.0. The number of halogens is 2.